The fraction of sp³-hybridized carbons (Fsp3) is 0.273. The predicted octanol–water partition coefficient (Wildman–Crippen LogP) is 0.572. The highest BCUT2D eigenvalue weighted by Crippen LogP contribution is 2.35. The number of halogens is 3. The number of piperidine rings is 1. The molecule has 0 aliphatic carbocycles. The van der Waals surface area contributed by atoms with Gasteiger partial charge in [-0.25, -0.2) is 0 Å². The largest absolute Gasteiger partial charge is 0.349 e. The summed E-state index contributed by atoms with van der Waals surface area (Å²) in [5, 5.41) is 4.82. The second kappa shape index (κ2) is 8.87. The van der Waals surface area contributed by atoms with Crippen molar-refractivity contribution in [1.82, 2.24) is 15.5 Å². The zero-order valence-corrected chi connectivity index (χ0v) is 19.2. The van der Waals surface area contributed by atoms with E-state index in [4.69, 9.17) is 11.6 Å². The maximum absolute atomic E-state index is 14.5. The highest BCUT2D eigenvalue weighted by atomic mass is 35.5. The maximum atomic E-state index is 14.5. The summed E-state index contributed by atoms with van der Waals surface area (Å²) in [5.74, 6) is -7.24. The van der Waals surface area contributed by atoms with Crippen molar-refractivity contribution in [3.8, 4) is 0 Å². The van der Waals surface area contributed by atoms with E-state index in [0.29, 0.717) is 16.7 Å². The summed E-state index contributed by atoms with van der Waals surface area (Å²) < 4.78 is 29.0. The first kappa shape index (κ1) is 23.9. The number of nitrogens with one attached hydrogen (secondary N) is 2. The van der Waals surface area contributed by atoms with Crippen molar-refractivity contribution in [2.24, 2.45) is 0 Å². The van der Waals surface area contributed by atoms with Crippen molar-refractivity contribution in [3.63, 3.8) is 0 Å². The molecule has 4 rings (SSSR count). The van der Waals surface area contributed by atoms with Crippen LogP contribution >= 0.6 is 11.6 Å². The lowest BCUT2D eigenvalue weighted by molar-refractivity contribution is -0.147. The van der Waals surface area contributed by atoms with Crippen LogP contribution < -0.4 is 10.6 Å². The van der Waals surface area contributed by atoms with Crippen LogP contribution in [0.15, 0.2) is 42.5 Å². The van der Waals surface area contributed by atoms with E-state index in [1.54, 1.807) is 33.9 Å². The quantitative estimate of drug-likeness (QED) is 0.478. The smallest absolute Gasteiger partial charge is 0.346 e. The number of benzene rings is 2. The van der Waals surface area contributed by atoms with Gasteiger partial charge in [-0.1, -0.05) is 35.9 Å². The molecule has 1 fully saturated rings. The van der Waals surface area contributed by atoms with Crippen LogP contribution in [-0.2, 0) is 33.4 Å². The molecule has 3 unspecified atom stereocenters. The molecule has 7 nitrogen and oxygen atoms in total. The number of hydrogen-bond acceptors (Lipinski definition) is 4. The lowest BCUT2D eigenvalue weighted by Crippen LogP contribution is -2.57. The molecule has 0 aromatic heterocycles. The van der Waals surface area contributed by atoms with Crippen molar-refractivity contribution < 1.29 is 28.0 Å². The molecular weight excluding hydrogens is 465 g/mol. The van der Waals surface area contributed by atoms with Crippen LogP contribution in [0.25, 0.3) is 0 Å². The van der Waals surface area contributed by atoms with Gasteiger partial charge in [0, 0.05) is 35.1 Å². The fourth-order valence-corrected chi connectivity index (χ4v) is 4.43. The van der Waals surface area contributed by atoms with Gasteiger partial charge in [-0.05, 0) is 35.1 Å². The molecule has 2 aromatic carbocycles. The highest BCUT2D eigenvalue weighted by Gasteiger charge is 2.46. The molecule has 0 radical (unpaired) electrons. The molecular formula is C22H20B2ClF2N3O4. The molecule has 2 aliphatic rings. The van der Waals surface area contributed by atoms with Crippen molar-refractivity contribution in [2.75, 3.05) is 0 Å². The topological polar surface area (TPSA) is 95.6 Å². The monoisotopic (exact) mass is 485 g/mol. The zero-order chi connectivity index (χ0) is 24.8. The van der Waals surface area contributed by atoms with Gasteiger partial charge in [-0.3, -0.25) is 24.5 Å². The Balaban J connectivity index is 1.46. The predicted molar refractivity (Wildman–Crippen MR) is 125 cm³/mol. The molecule has 1 saturated heterocycles. The Morgan fingerprint density at radius 3 is 2.47 bits per heavy atom. The second-order valence-electron chi connectivity index (χ2n) is 8.63. The second-order valence-corrected chi connectivity index (χ2v) is 9.07. The Morgan fingerprint density at radius 1 is 1.12 bits per heavy atom. The average molecular weight is 485 g/mol. The van der Waals surface area contributed by atoms with Gasteiger partial charge in [-0.2, -0.15) is 8.78 Å². The van der Waals surface area contributed by atoms with Gasteiger partial charge >= 0.3 is 5.92 Å². The molecule has 0 saturated carbocycles. The molecule has 0 bridgehead atoms. The number of nitrogens with zero attached hydrogens (tertiary/aromatic N) is 1. The molecule has 0 spiro atoms. The minimum atomic E-state index is -3.74. The number of carbonyl (C=O) groups is 4. The maximum Gasteiger partial charge on any atom is 0.349 e. The van der Waals surface area contributed by atoms with E-state index in [-0.39, 0.29) is 35.7 Å². The van der Waals surface area contributed by atoms with Crippen LogP contribution in [0.5, 0.6) is 0 Å². The SMILES string of the molecule is BC1C(=O)NC(=O)C(N2Cc3cc(CNC(=O)C(F)(F)c4ccc(Cl)cc4)ccc3C2=O)C1B. The lowest BCUT2D eigenvalue weighted by Gasteiger charge is -2.38. The molecule has 12 heteroatoms. The van der Waals surface area contributed by atoms with Crippen LogP contribution in [0, 0.1) is 0 Å². The van der Waals surface area contributed by atoms with Gasteiger partial charge in [0.15, 0.2) is 0 Å². The van der Waals surface area contributed by atoms with E-state index in [0.717, 1.165) is 12.1 Å². The van der Waals surface area contributed by atoms with Crippen molar-refractivity contribution in [2.45, 2.75) is 36.7 Å². The molecule has 2 heterocycles. The Hall–Kier alpha value is -3.20. The molecule has 2 aromatic rings. The Labute approximate surface area is 201 Å². The first-order chi connectivity index (χ1) is 16.0. The molecule has 3 atom stereocenters. The van der Waals surface area contributed by atoms with Gasteiger partial charge in [-0.15, -0.1) is 0 Å². The van der Waals surface area contributed by atoms with Gasteiger partial charge in [0.2, 0.25) is 11.8 Å². The van der Waals surface area contributed by atoms with Crippen LogP contribution in [0.1, 0.15) is 27.0 Å². The summed E-state index contributed by atoms with van der Waals surface area (Å²) >= 11 is 5.72. The van der Waals surface area contributed by atoms with E-state index >= 15 is 0 Å². The van der Waals surface area contributed by atoms with E-state index in [1.807, 2.05) is 0 Å². The van der Waals surface area contributed by atoms with Crippen LogP contribution in [-0.4, -0.2) is 50.3 Å². The van der Waals surface area contributed by atoms with Crippen LogP contribution in [0.2, 0.25) is 16.7 Å². The highest BCUT2D eigenvalue weighted by molar-refractivity contribution is 6.34. The van der Waals surface area contributed by atoms with Crippen molar-refractivity contribution >= 4 is 50.9 Å². The average Bonchev–Trinajstić information content (AvgIpc) is 3.11. The summed E-state index contributed by atoms with van der Waals surface area (Å²) in [6.07, 6.45) is 0. The number of rotatable bonds is 5. The molecule has 174 valence electrons. The van der Waals surface area contributed by atoms with Crippen molar-refractivity contribution in [3.05, 3.63) is 69.7 Å². The van der Waals surface area contributed by atoms with Crippen LogP contribution in [0.3, 0.4) is 0 Å². The summed E-state index contributed by atoms with van der Waals surface area (Å²) in [6, 6.07) is 8.72. The normalized spacial score (nSPS) is 22.4. The fourth-order valence-electron chi connectivity index (χ4n) is 4.30. The third-order valence-corrected chi connectivity index (χ3v) is 6.75. The van der Waals surface area contributed by atoms with Gasteiger partial charge in [0.25, 0.3) is 11.8 Å². The summed E-state index contributed by atoms with van der Waals surface area (Å²) in [4.78, 5) is 50.9. The summed E-state index contributed by atoms with van der Waals surface area (Å²) in [7, 11) is 3.46. The number of carbonyl (C=O) groups excluding carboxylic acids is 4. The van der Waals surface area contributed by atoms with E-state index in [2.05, 4.69) is 10.6 Å². The third kappa shape index (κ3) is 4.20. The molecule has 34 heavy (non-hydrogen) atoms. The van der Waals surface area contributed by atoms with E-state index in [1.165, 1.54) is 17.0 Å². The molecule has 2 N–H and O–H groups in total. The molecule has 4 amide bonds. The van der Waals surface area contributed by atoms with E-state index < -0.39 is 35.2 Å². The van der Waals surface area contributed by atoms with Gasteiger partial charge in [0.1, 0.15) is 21.7 Å². The lowest BCUT2D eigenvalue weighted by atomic mass is 9.60. The first-order valence-corrected chi connectivity index (χ1v) is 11.1. The zero-order valence-electron chi connectivity index (χ0n) is 18.4. The minimum absolute atomic E-state index is 0.139. The Morgan fingerprint density at radius 2 is 1.79 bits per heavy atom. The number of amides is 4. The third-order valence-electron chi connectivity index (χ3n) is 6.50. The van der Waals surface area contributed by atoms with Crippen molar-refractivity contribution in [1.29, 1.82) is 0 Å². The molecule has 2 aliphatic heterocycles. The summed E-state index contributed by atoms with van der Waals surface area (Å²) in [6.45, 7) is -0.0322. The summed E-state index contributed by atoms with van der Waals surface area (Å²) in [5.41, 5.74) is 1.06. The van der Waals surface area contributed by atoms with Gasteiger partial charge in [0.05, 0.1) is 0 Å². The first-order valence-electron chi connectivity index (χ1n) is 10.7. The Kier molecular flexibility index (Phi) is 6.24. The number of imide groups is 1. The van der Waals surface area contributed by atoms with Gasteiger partial charge < -0.3 is 10.2 Å². The standard InChI is InChI=1S/C22H20B2ClF2N3O4/c23-15-16(24)18(31)29-19(32)17(15)30-9-11-7-10(1-6-14(11)20(30)33)8-28-21(34)22(26,27)12-2-4-13(25)5-3-12/h1-7,15-17H,8-9,23-24H2,(H,28,34)(H,29,31,32). The number of hydrogen-bond donors (Lipinski definition) is 2. The number of alkyl halides is 2. The minimum Gasteiger partial charge on any atom is -0.346 e. The van der Waals surface area contributed by atoms with E-state index in [9.17, 15) is 28.0 Å². The number of fused-ring (bicyclic) bond motifs is 1. The van der Waals surface area contributed by atoms with Crippen LogP contribution in [0.4, 0.5) is 8.78 Å². The Bertz CT molecular complexity index is 1200.